The standard InChI is InChI=1S/C27H28N4O5/c1-35-20-8-6-19(7-9-20)24-18-22(21-4-2-3-5-23(21)28-24)25(32)29-10-12-30(13-11-29)26(33)27(34)31-14-16-36-17-15-31/h2-9,18H,10-17H2,1H3. The maximum Gasteiger partial charge on any atom is 0.312 e. The molecule has 3 amide bonds. The number of hydrogen-bond acceptors (Lipinski definition) is 6. The fourth-order valence-electron chi connectivity index (χ4n) is 4.58. The lowest BCUT2D eigenvalue weighted by atomic mass is 10.0. The van der Waals surface area contributed by atoms with Crippen LogP contribution in [-0.2, 0) is 14.3 Å². The first kappa shape index (κ1) is 23.7. The topological polar surface area (TPSA) is 92.3 Å². The van der Waals surface area contributed by atoms with Crippen molar-refractivity contribution in [2.24, 2.45) is 0 Å². The molecule has 36 heavy (non-hydrogen) atoms. The van der Waals surface area contributed by atoms with Crippen LogP contribution < -0.4 is 4.74 Å². The third-order valence-corrected chi connectivity index (χ3v) is 6.67. The summed E-state index contributed by atoms with van der Waals surface area (Å²) in [6.45, 7) is 3.08. The summed E-state index contributed by atoms with van der Waals surface area (Å²) in [7, 11) is 1.62. The second kappa shape index (κ2) is 10.3. The number of fused-ring (bicyclic) bond motifs is 1. The van der Waals surface area contributed by atoms with Crippen LogP contribution in [0.2, 0.25) is 0 Å². The van der Waals surface area contributed by atoms with Crippen molar-refractivity contribution < 1.29 is 23.9 Å². The first-order chi connectivity index (χ1) is 17.5. The van der Waals surface area contributed by atoms with Gasteiger partial charge in [0.2, 0.25) is 0 Å². The van der Waals surface area contributed by atoms with Crippen molar-refractivity contribution in [2.75, 3.05) is 59.6 Å². The lowest BCUT2D eigenvalue weighted by molar-refractivity contribution is -0.154. The Balaban J connectivity index is 1.34. The number of amides is 3. The van der Waals surface area contributed by atoms with E-state index in [2.05, 4.69) is 0 Å². The van der Waals surface area contributed by atoms with Gasteiger partial charge in [-0.3, -0.25) is 14.4 Å². The van der Waals surface area contributed by atoms with E-state index in [9.17, 15) is 14.4 Å². The van der Waals surface area contributed by atoms with E-state index in [1.165, 1.54) is 9.80 Å². The van der Waals surface area contributed by atoms with E-state index in [1.807, 2.05) is 54.6 Å². The van der Waals surface area contributed by atoms with Crippen molar-refractivity contribution in [3.8, 4) is 17.0 Å². The zero-order valence-electron chi connectivity index (χ0n) is 20.2. The molecule has 9 nitrogen and oxygen atoms in total. The van der Waals surface area contributed by atoms with Crippen molar-refractivity contribution in [3.63, 3.8) is 0 Å². The number of benzene rings is 2. The summed E-state index contributed by atoms with van der Waals surface area (Å²) in [6, 6.07) is 17.0. The molecule has 0 bridgehead atoms. The van der Waals surface area contributed by atoms with E-state index >= 15 is 0 Å². The minimum absolute atomic E-state index is 0.116. The largest absolute Gasteiger partial charge is 0.497 e. The van der Waals surface area contributed by atoms with Gasteiger partial charge in [-0.15, -0.1) is 0 Å². The van der Waals surface area contributed by atoms with Gasteiger partial charge in [0.25, 0.3) is 5.91 Å². The summed E-state index contributed by atoms with van der Waals surface area (Å²) < 4.78 is 10.5. The summed E-state index contributed by atoms with van der Waals surface area (Å²) in [4.78, 5) is 48.5. The van der Waals surface area contributed by atoms with Crippen LogP contribution in [0, 0.1) is 0 Å². The number of morpholine rings is 1. The van der Waals surface area contributed by atoms with E-state index < -0.39 is 11.8 Å². The van der Waals surface area contributed by atoms with E-state index in [0.717, 1.165) is 22.2 Å². The average molecular weight is 489 g/mol. The highest BCUT2D eigenvalue weighted by molar-refractivity contribution is 6.35. The molecule has 0 saturated carbocycles. The quantitative estimate of drug-likeness (QED) is 0.524. The van der Waals surface area contributed by atoms with Crippen LogP contribution in [0.3, 0.4) is 0 Å². The molecule has 0 unspecified atom stereocenters. The highest BCUT2D eigenvalue weighted by Gasteiger charge is 2.32. The Hall–Kier alpha value is -3.98. The summed E-state index contributed by atoms with van der Waals surface area (Å²) in [5.74, 6) is -0.382. The second-order valence-corrected chi connectivity index (χ2v) is 8.79. The van der Waals surface area contributed by atoms with Gasteiger partial charge >= 0.3 is 11.8 Å². The van der Waals surface area contributed by atoms with Crippen LogP contribution >= 0.6 is 0 Å². The van der Waals surface area contributed by atoms with Crippen LogP contribution in [0.25, 0.3) is 22.2 Å². The van der Waals surface area contributed by atoms with Gasteiger partial charge in [-0.05, 0) is 36.4 Å². The maximum absolute atomic E-state index is 13.6. The normalized spacial score (nSPS) is 16.2. The number of pyridine rings is 1. The number of carbonyl (C=O) groups excluding carboxylic acids is 3. The fourth-order valence-corrected chi connectivity index (χ4v) is 4.58. The Morgan fingerprint density at radius 1 is 0.806 bits per heavy atom. The van der Waals surface area contributed by atoms with Gasteiger partial charge in [0.1, 0.15) is 5.75 Å². The number of rotatable bonds is 3. The molecule has 0 N–H and O–H groups in total. The molecule has 186 valence electrons. The molecule has 3 heterocycles. The molecule has 5 rings (SSSR count). The van der Waals surface area contributed by atoms with E-state index in [4.69, 9.17) is 14.5 Å². The lowest BCUT2D eigenvalue weighted by Gasteiger charge is -2.36. The number of piperazine rings is 1. The van der Waals surface area contributed by atoms with Gasteiger partial charge in [0.15, 0.2) is 0 Å². The number of carbonyl (C=O) groups is 3. The van der Waals surface area contributed by atoms with E-state index in [0.29, 0.717) is 63.7 Å². The van der Waals surface area contributed by atoms with Crippen molar-refractivity contribution in [3.05, 3.63) is 60.2 Å². The van der Waals surface area contributed by atoms with Crippen molar-refractivity contribution in [1.29, 1.82) is 0 Å². The van der Waals surface area contributed by atoms with Crippen LogP contribution in [0.5, 0.6) is 5.75 Å². The van der Waals surface area contributed by atoms with Crippen LogP contribution in [0.15, 0.2) is 54.6 Å². The minimum atomic E-state index is -0.514. The Kier molecular flexibility index (Phi) is 6.81. The molecule has 2 fully saturated rings. The second-order valence-electron chi connectivity index (χ2n) is 8.79. The SMILES string of the molecule is COc1ccc(-c2cc(C(=O)N3CCN(C(=O)C(=O)N4CCOCC4)CC3)c3ccccc3n2)cc1. The smallest absolute Gasteiger partial charge is 0.312 e. The van der Waals surface area contributed by atoms with Crippen LogP contribution in [0.4, 0.5) is 0 Å². The molecule has 0 aliphatic carbocycles. The van der Waals surface area contributed by atoms with E-state index in [-0.39, 0.29) is 5.91 Å². The zero-order valence-corrected chi connectivity index (χ0v) is 20.2. The molecule has 3 aromatic rings. The Morgan fingerprint density at radius 3 is 2.08 bits per heavy atom. The average Bonchev–Trinajstić information content (AvgIpc) is 2.96. The number of para-hydroxylation sites is 1. The molecule has 2 aliphatic rings. The van der Waals surface area contributed by atoms with Gasteiger partial charge in [0, 0.05) is 50.2 Å². The van der Waals surface area contributed by atoms with Gasteiger partial charge < -0.3 is 24.2 Å². The summed E-state index contributed by atoms with van der Waals surface area (Å²) in [6.07, 6.45) is 0. The highest BCUT2D eigenvalue weighted by Crippen LogP contribution is 2.27. The summed E-state index contributed by atoms with van der Waals surface area (Å²) >= 11 is 0. The molecule has 2 aromatic carbocycles. The first-order valence-electron chi connectivity index (χ1n) is 12.0. The van der Waals surface area contributed by atoms with Crippen molar-refractivity contribution >= 4 is 28.6 Å². The molecule has 0 atom stereocenters. The van der Waals surface area contributed by atoms with Gasteiger partial charge in [-0.2, -0.15) is 0 Å². The Morgan fingerprint density at radius 2 is 1.42 bits per heavy atom. The molecule has 9 heteroatoms. The number of ether oxygens (including phenoxy) is 2. The van der Waals surface area contributed by atoms with Gasteiger partial charge in [-0.1, -0.05) is 18.2 Å². The molecule has 1 aromatic heterocycles. The lowest BCUT2D eigenvalue weighted by Crippen LogP contribution is -2.55. The monoisotopic (exact) mass is 488 g/mol. The molecule has 0 spiro atoms. The van der Waals surface area contributed by atoms with Crippen molar-refractivity contribution in [1.82, 2.24) is 19.7 Å². The fraction of sp³-hybridized carbons (Fsp3) is 0.333. The predicted molar refractivity (Wildman–Crippen MR) is 134 cm³/mol. The number of aromatic nitrogens is 1. The Labute approximate surface area is 209 Å². The minimum Gasteiger partial charge on any atom is -0.497 e. The zero-order chi connectivity index (χ0) is 25.1. The third kappa shape index (κ3) is 4.74. The third-order valence-electron chi connectivity index (χ3n) is 6.67. The first-order valence-corrected chi connectivity index (χ1v) is 12.0. The number of nitrogens with zero attached hydrogens (tertiary/aromatic N) is 4. The van der Waals surface area contributed by atoms with E-state index in [1.54, 1.807) is 12.0 Å². The molecular formula is C27H28N4O5. The molecule has 2 aliphatic heterocycles. The highest BCUT2D eigenvalue weighted by atomic mass is 16.5. The van der Waals surface area contributed by atoms with Gasteiger partial charge in [-0.25, -0.2) is 4.98 Å². The maximum atomic E-state index is 13.6. The van der Waals surface area contributed by atoms with Gasteiger partial charge in [0.05, 0.1) is 37.1 Å². The van der Waals surface area contributed by atoms with Crippen molar-refractivity contribution in [2.45, 2.75) is 0 Å². The Bertz CT molecular complexity index is 1280. The molecular weight excluding hydrogens is 460 g/mol. The molecule has 0 radical (unpaired) electrons. The summed E-state index contributed by atoms with van der Waals surface area (Å²) in [5.41, 5.74) is 2.88. The van der Waals surface area contributed by atoms with Crippen LogP contribution in [0.1, 0.15) is 10.4 Å². The van der Waals surface area contributed by atoms with Crippen LogP contribution in [-0.4, -0.2) is 97.0 Å². The molecule has 2 saturated heterocycles. The summed E-state index contributed by atoms with van der Waals surface area (Å²) in [5, 5.41) is 0.778. The predicted octanol–water partition coefficient (Wildman–Crippen LogP) is 2.05. The number of hydrogen-bond donors (Lipinski definition) is 0. The number of methoxy groups -OCH3 is 1.